The summed E-state index contributed by atoms with van der Waals surface area (Å²) < 4.78 is 11.1. The first kappa shape index (κ1) is 18.2. The first-order valence-electron chi connectivity index (χ1n) is 9.54. The smallest absolute Gasteiger partial charge is 0.312 e. The van der Waals surface area contributed by atoms with Crippen LogP contribution in [-0.2, 0) is 14.3 Å². The number of carbonyl (C=O) groups excluding carboxylic acids is 1. The number of ether oxygens (including phenoxy) is 2. The van der Waals surface area contributed by atoms with Gasteiger partial charge in [0.15, 0.2) is 0 Å². The molecule has 0 aromatic rings. The highest BCUT2D eigenvalue weighted by Crippen LogP contribution is 2.72. The van der Waals surface area contributed by atoms with Crippen molar-refractivity contribution in [2.75, 3.05) is 39.5 Å². The van der Waals surface area contributed by atoms with Gasteiger partial charge < -0.3 is 15.2 Å². The van der Waals surface area contributed by atoms with Gasteiger partial charge in [0.1, 0.15) is 0 Å². The van der Waals surface area contributed by atoms with Crippen LogP contribution in [0.25, 0.3) is 0 Å². The fourth-order valence-corrected chi connectivity index (χ4v) is 6.25. The maximum Gasteiger partial charge on any atom is 0.312 e. The van der Waals surface area contributed by atoms with E-state index in [4.69, 9.17) is 15.2 Å². The molecule has 0 aromatic heterocycles. The van der Waals surface area contributed by atoms with E-state index in [2.05, 4.69) is 25.7 Å². The Hall–Kier alpha value is -0.650. The van der Waals surface area contributed by atoms with E-state index in [1.807, 2.05) is 6.92 Å². The van der Waals surface area contributed by atoms with Crippen LogP contribution in [-0.4, -0.2) is 55.9 Å². The van der Waals surface area contributed by atoms with Crippen LogP contribution < -0.4 is 5.73 Å². The van der Waals surface area contributed by atoms with Crippen molar-refractivity contribution in [2.45, 2.75) is 52.5 Å². The lowest BCUT2D eigenvalue weighted by Gasteiger charge is -2.58. The van der Waals surface area contributed by atoms with Gasteiger partial charge in [-0.25, -0.2) is 0 Å². The summed E-state index contributed by atoms with van der Waals surface area (Å²) in [5.74, 6) is 0.273. The molecule has 2 N–H and O–H groups in total. The lowest BCUT2D eigenvalue weighted by molar-refractivity contribution is -0.168. The molecular formula is C19H34N2O3. The third-order valence-corrected chi connectivity index (χ3v) is 7.91. The molecule has 0 amide bonds. The highest BCUT2D eigenvalue weighted by atomic mass is 16.5. The molecule has 4 atom stereocenters. The SMILES string of the molecule is CCOC(=O)[C@H](CN)[C@@]1(N2CCOCC2)C[C@@H]2CC[C@@]1(C)C2(C)C. The van der Waals surface area contributed by atoms with Crippen LogP contribution in [0.4, 0.5) is 0 Å². The minimum atomic E-state index is -0.259. The van der Waals surface area contributed by atoms with E-state index in [0.717, 1.165) is 39.1 Å². The Kier molecular flexibility index (Phi) is 4.73. The second kappa shape index (κ2) is 6.26. The molecule has 5 heteroatoms. The van der Waals surface area contributed by atoms with Crippen LogP contribution in [0.2, 0.25) is 0 Å². The topological polar surface area (TPSA) is 64.8 Å². The highest BCUT2D eigenvalue weighted by Gasteiger charge is 2.73. The molecule has 2 bridgehead atoms. The maximum absolute atomic E-state index is 12.9. The molecule has 1 saturated heterocycles. The molecule has 0 spiro atoms. The normalized spacial score (nSPS) is 39.8. The number of nitrogens with two attached hydrogens (primary N) is 1. The Morgan fingerprint density at radius 3 is 2.46 bits per heavy atom. The average Bonchev–Trinajstić information content (AvgIpc) is 2.89. The molecule has 5 nitrogen and oxygen atoms in total. The third kappa shape index (κ3) is 2.20. The quantitative estimate of drug-likeness (QED) is 0.777. The van der Waals surface area contributed by atoms with Gasteiger partial charge in [-0.05, 0) is 42.9 Å². The summed E-state index contributed by atoms with van der Waals surface area (Å²) in [6.07, 6.45) is 3.48. The van der Waals surface area contributed by atoms with E-state index in [-0.39, 0.29) is 28.3 Å². The van der Waals surface area contributed by atoms with E-state index in [0.29, 0.717) is 19.1 Å². The van der Waals surface area contributed by atoms with E-state index in [1.165, 1.54) is 6.42 Å². The molecule has 0 radical (unpaired) electrons. The summed E-state index contributed by atoms with van der Waals surface area (Å²) in [6.45, 7) is 13.1. The van der Waals surface area contributed by atoms with Gasteiger partial charge >= 0.3 is 5.97 Å². The molecule has 3 rings (SSSR count). The second-order valence-corrected chi connectivity index (χ2v) is 8.56. The molecule has 2 aliphatic carbocycles. The summed E-state index contributed by atoms with van der Waals surface area (Å²) in [5, 5.41) is 0. The minimum absolute atomic E-state index is 0.0683. The van der Waals surface area contributed by atoms with Crippen molar-refractivity contribution in [3.05, 3.63) is 0 Å². The lowest BCUT2D eigenvalue weighted by atomic mass is 9.57. The number of esters is 1. The highest BCUT2D eigenvalue weighted by molar-refractivity contribution is 5.75. The van der Waals surface area contributed by atoms with Crippen LogP contribution in [0.1, 0.15) is 47.0 Å². The van der Waals surface area contributed by atoms with Crippen LogP contribution in [0, 0.1) is 22.7 Å². The van der Waals surface area contributed by atoms with Crippen molar-refractivity contribution in [1.29, 1.82) is 0 Å². The maximum atomic E-state index is 12.9. The number of hydrogen-bond donors (Lipinski definition) is 1. The summed E-state index contributed by atoms with van der Waals surface area (Å²) in [5.41, 5.74) is 6.27. The molecular weight excluding hydrogens is 304 g/mol. The van der Waals surface area contributed by atoms with E-state index in [9.17, 15) is 4.79 Å². The number of rotatable bonds is 5. The van der Waals surface area contributed by atoms with Gasteiger partial charge in [0, 0.05) is 25.2 Å². The molecule has 0 aromatic carbocycles. The average molecular weight is 338 g/mol. The molecule has 1 heterocycles. The molecule has 3 aliphatic rings. The lowest BCUT2D eigenvalue weighted by Crippen LogP contribution is -2.68. The van der Waals surface area contributed by atoms with Crippen molar-refractivity contribution in [3.63, 3.8) is 0 Å². The number of morpholine rings is 1. The summed E-state index contributed by atoms with van der Waals surface area (Å²) >= 11 is 0. The third-order valence-electron chi connectivity index (χ3n) is 7.91. The molecule has 3 fully saturated rings. The first-order chi connectivity index (χ1) is 11.3. The van der Waals surface area contributed by atoms with E-state index < -0.39 is 0 Å². The van der Waals surface area contributed by atoms with E-state index >= 15 is 0 Å². The zero-order valence-corrected chi connectivity index (χ0v) is 15.8. The van der Waals surface area contributed by atoms with Crippen molar-refractivity contribution in [3.8, 4) is 0 Å². The van der Waals surface area contributed by atoms with Crippen LogP contribution in [0.15, 0.2) is 0 Å². The van der Waals surface area contributed by atoms with Crippen molar-refractivity contribution in [2.24, 2.45) is 28.4 Å². The molecule has 0 unspecified atom stereocenters. The molecule has 138 valence electrons. The van der Waals surface area contributed by atoms with Gasteiger partial charge in [0.25, 0.3) is 0 Å². The molecule has 1 aliphatic heterocycles. The molecule has 2 saturated carbocycles. The zero-order chi connectivity index (χ0) is 17.6. The zero-order valence-electron chi connectivity index (χ0n) is 15.8. The Morgan fingerprint density at radius 1 is 1.33 bits per heavy atom. The molecule has 24 heavy (non-hydrogen) atoms. The largest absolute Gasteiger partial charge is 0.466 e. The Bertz CT molecular complexity index is 489. The fourth-order valence-electron chi connectivity index (χ4n) is 6.25. The Morgan fingerprint density at radius 2 is 2.00 bits per heavy atom. The van der Waals surface area contributed by atoms with Crippen LogP contribution >= 0.6 is 0 Å². The van der Waals surface area contributed by atoms with Gasteiger partial charge in [-0.3, -0.25) is 9.69 Å². The predicted molar refractivity (Wildman–Crippen MR) is 93.5 cm³/mol. The number of carbonyl (C=O) groups is 1. The Labute approximate surface area is 146 Å². The van der Waals surface area contributed by atoms with Crippen molar-refractivity contribution in [1.82, 2.24) is 4.90 Å². The van der Waals surface area contributed by atoms with Gasteiger partial charge in [0.05, 0.1) is 25.7 Å². The number of nitrogens with zero attached hydrogens (tertiary/aromatic N) is 1. The first-order valence-corrected chi connectivity index (χ1v) is 9.54. The summed E-state index contributed by atoms with van der Waals surface area (Å²) in [4.78, 5) is 15.4. The standard InChI is InChI=1S/C19H34N2O3/c1-5-24-16(22)15(13-20)19(21-8-10-23-11-9-21)12-14-6-7-18(19,4)17(14,2)3/h14-15H,5-13,20H2,1-4H3/t14-,15-,18-,19-/m0/s1. The predicted octanol–water partition coefficient (Wildman–Crippen LogP) is 2.04. The number of fused-ring (bicyclic) bond motifs is 2. The number of hydrogen-bond acceptors (Lipinski definition) is 5. The van der Waals surface area contributed by atoms with E-state index in [1.54, 1.807) is 0 Å². The Balaban J connectivity index is 2.07. The van der Waals surface area contributed by atoms with Gasteiger partial charge in [0.2, 0.25) is 0 Å². The van der Waals surface area contributed by atoms with Gasteiger partial charge in [-0.2, -0.15) is 0 Å². The van der Waals surface area contributed by atoms with Gasteiger partial charge in [-0.15, -0.1) is 0 Å². The van der Waals surface area contributed by atoms with Crippen LogP contribution in [0.5, 0.6) is 0 Å². The summed E-state index contributed by atoms with van der Waals surface area (Å²) in [6, 6.07) is 0. The monoisotopic (exact) mass is 338 g/mol. The van der Waals surface area contributed by atoms with Crippen molar-refractivity contribution >= 4 is 5.97 Å². The summed E-state index contributed by atoms with van der Waals surface area (Å²) in [7, 11) is 0. The van der Waals surface area contributed by atoms with Crippen molar-refractivity contribution < 1.29 is 14.3 Å². The fraction of sp³-hybridized carbons (Fsp3) is 0.947. The second-order valence-electron chi connectivity index (χ2n) is 8.56. The minimum Gasteiger partial charge on any atom is -0.466 e. The van der Waals surface area contributed by atoms with Gasteiger partial charge in [-0.1, -0.05) is 20.8 Å². The van der Waals surface area contributed by atoms with Crippen LogP contribution in [0.3, 0.4) is 0 Å².